The Bertz CT molecular complexity index is 809. The van der Waals surface area contributed by atoms with E-state index in [0.29, 0.717) is 11.4 Å². The Morgan fingerprint density at radius 1 is 1.12 bits per heavy atom. The minimum absolute atomic E-state index is 0.119. The van der Waals surface area contributed by atoms with Crippen molar-refractivity contribution in [2.45, 2.75) is 16.6 Å². The fraction of sp³-hybridized carbons (Fsp3) is 0.211. The van der Waals surface area contributed by atoms with Crippen molar-refractivity contribution in [3.63, 3.8) is 0 Å². The summed E-state index contributed by atoms with van der Waals surface area (Å²) in [6.07, 6.45) is 2.11. The van der Waals surface area contributed by atoms with E-state index in [0.717, 1.165) is 4.90 Å². The predicted molar refractivity (Wildman–Crippen MR) is 107 cm³/mol. The van der Waals surface area contributed by atoms with Gasteiger partial charge in [-0.15, -0.1) is 23.5 Å². The van der Waals surface area contributed by atoms with Crippen LogP contribution in [-0.4, -0.2) is 35.0 Å². The first kappa shape index (κ1) is 18.5. The summed E-state index contributed by atoms with van der Waals surface area (Å²) in [6.45, 7) is 0. The minimum Gasteiger partial charge on any atom is -0.325 e. The smallest absolute Gasteiger partial charge is 0.247 e. The van der Waals surface area contributed by atoms with Gasteiger partial charge in [0.05, 0.1) is 16.7 Å². The van der Waals surface area contributed by atoms with Gasteiger partial charge in [-0.1, -0.05) is 18.2 Å². The standard InChI is InChI=1S/C19H18N2O3S2/c1-25-15-9-7-13(8-10-15)20-17(22)12-26-16-11-18(23)21(19(16)24)14-5-3-2-4-6-14/h2-10,16H,11-12H2,1H3,(H,20,22)/t16-/m0/s1. The number of hydrogen-bond acceptors (Lipinski definition) is 5. The molecule has 0 aromatic heterocycles. The van der Waals surface area contributed by atoms with Gasteiger partial charge in [0.25, 0.3) is 0 Å². The number of nitrogens with zero attached hydrogens (tertiary/aromatic N) is 1. The number of thioether (sulfide) groups is 2. The van der Waals surface area contributed by atoms with Gasteiger partial charge in [0, 0.05) is 17.0 Å². The molecule has 1 atom stereocenters. The Labute approximate surface area is 160 Å². The molecule has 0 saturated carbocycles. The third kappa shape index (κ3) is 4.28. The maximum Gasteiger partial charge on any atom is 0.247 e. The highest BCUT2D eigenvalue weighted by atomic mass is 32.2. The molecule has 0 spiro atoms. The summed E-state index contributed by atoms with van der Waals surface area (Å²) in [5, 5.41) is 2.29. The first-order chi connectivity index (χ1) is 12.6. The largest absolute Gasteiger partial charge is 0.325 e. The normalized spacial score (nSPS) is 16.8. The molecule has 0 radical (unpaired) electrons. The Kier molecular flexibility index (Phi) is 6.00. The highest BCUT2D eigenvalue weighted by Gasteiger charge is 2.39. The maximum atomic E-state index is 12.5. The number of amides is 3. The number of imide groups is 1. The summed E-state index contributed by atoms with van der Waals surface area (Å²) in [5.41, 5.74) is 1.29. The van der Waals surface area contributed by atoms with E-state index in [2.05, 4.69) is 5.32 Å². The van der Waals surface area contributed by atoms with Gasteiger partial charge >= 0.3 is 0 Å². The topological polar surface area (TPSA) is 66.5 Å². The van der Waals surface area contributed by atoms with E-state index in [9.17, 15) is 14.4 Å². The lowest BCUT2D eigenvalue weighted by Crippen LogP contribution is -2.31. The highest BCUT2D eigenvalue weighted by Crippen LogP contribution is 2.29. The second-order valence-electron chi connectivity index (χ2n) is 5.68. The fourth-order valence-electron chi connectivity index (χ4n) is 2.63. The summed E-state index contributed by atoms with van der Waals surface area (Å²) < 4.78 is 0. The number of nitrogens with one attached hydrogen (secondary N) is 1. The van der Waals surface area contributed by atoms with Crippen LogP contribution in [-0.2, 0) is 14.4 Å². The third-order valence-electron chi connectivity index (χ3n) is 3.91. The molecular formula is C19H18N2O3S2. The number of para-hydroxylation sites is 1. The molecular weight excluding hydrogens is 368 g/mol. The molecule has 0 aliphatic carbocycles. The number of anilines is 2. The van der Waals surface area contributed by atoms with E-state index < -0.39 is 5.25 Å². The number of benzene rings is 2. The van der Waals surface area contributed by atoms with Crippen LogP contribution in [0.25, 0.3) is 0 Å². The molecule has 26 heavy (non-hydrogen) atoms. The van der Waals surface area contributed by atoms with Crippen LogP contribution in [0.3, 0.4) is 0 Å². The molecule has 2 aromatic carbocycles. The Morgan fingerprint density at radius 3 is 2.46 bits per heavy atom. The zero-order valence-corrected chi connectivity index (χ0v) is 15.8. The summed E-state index contributed by atoms with van der Waals surface area (Å²) in [7, 11) is 0. The van der Waals surface area contributed by atoms with Crippen LogP contribution in [0.2, 0.25) is 0 Å². The van der Waals surface area contributed by atoms with Crippen LogP contribution in [0.1, 0.15) is 6.42 Å². The molecule has 1 saturated heterocycles. The van der Waals surface area contributed by atoms with Crippen LogP contribution in [0.5, 0.6) is 0 Å². The van der Waals surface area contributed by atoms with Crippen molar-refractivity contribution >= 4 is 52.6 Å². The number of carbonyl (C=O) groups is 3. The van der Waals surface area contributed by atoms with Gasteiger partial charge in [-0.2, -0.15) is 0 Å². The lowest BCUT2D eigenvalue weighted by molar-refractivity contribution is -0.121. The van der Waals surface area contributed by atoms with Gasteiger partial charge in [0.2, 0.25) is 17.7 Å². The van der Waals surface area contributed by atoms with Crippen LogP contribution in [0, 0.1) is 0 Å². The Hall–Kier alpha value is -2.25. The van der Waals surface area contributed by atoms with E-state index in [1.54, 1.807) is 36.0 Å². The van der Waals surface area contributed by atoms with Gasteiger partial charge < -0.3 is 5.32 Å². The zero-order chi connectivity index (χ0) is 18.5. The van der Waals surface area contributed by atoms with Gasteiger partial charge in [0.1, 0.15) is 0 Å². The Balaban J connectivity index is 1.55. The van der Waals surface area contributed by atoms with Gasteiger partial charge in [-0.25, -0.2) is 4.90 Å². The predicted octanol–water partition coefficient (Wildman–Crippen LogP) is 3.41. The van der Waals surface area contributed by atoms with Crippen molar-refractivity contribution in [2.75, 3.05) is 22.2 Å². The molecule has 7 heteroatoms. The monoisotopic (exact) mass is 386 g/mol. The summed E-state index contributed by atoms with van der Waals surface area (Å²) in [6, 6.07) is 16.4. The first-order valence-corrected chi connectivity index (χ1v) is 10.3. The molecule has 0 unspecified atom stereocenters. The van der Waals surface area contributed by atoms with E-state index >= 15 is 0 Å². The number of hydrogen-bond donors (Lipinski definition) is 1. The van der Waals surface area contributed by atoms with E-state index in [1.807, 2.05) is 36.6 Å². The van der Waals surface area contributed by atoms with Crippen LogP contribution in [0.15, 0.2) is 59.5 Å². The summed E-state index contributed by atoms with van der Waals surface area (Å²) in [5.74, 6) is -0.559. The average Bonchev–Trinajstić information content (AvgIpc) is 2.95. The lowest BCUT2D eigenvalue weighted by Gasteiger charge is -2.14. The molecule has 3 rings (SSSR count). The fourth-order valence-corrected chi connectivity index (χ4v) is 3.97. The molecule has 1 aliphatic rings. The number of carbonyl (C=O) groups excluding carboxylic acids is 3. The molecule has 1 fully saturated rings. The van der Waals surface area contributed by atoms with Crippen LogP contribution in [0.4, 0.5) is 11.4 Å². The van der Waals surface area contributed by atoms with Crippen molar-refractivity contribution in [1.82, 2.24) is 0 Å². The lowest BCUT2D eigenvalue weighted by atomic mass is 10.3. The van der Waals surface area contributed by atoms with Crippen LogP contribution >= 0.6 is 23.5 Å². The van der Waals surface area contributed by atoms with E-state index in [1.165, 1.54) is 16.7 Å². The Morgan fingerprint density at radius 2 is 1.81 bits per heavy atom. The number of rotatable bonds is 6. The summed E-state index contributed by atoms with van der Waals surface area (Å²) in [4.78, 5) is 39.1. The summed E-state index contributed by atoms with van der Waals surface area (Å²) >= 11 is 2.83. The molecule has 3 amide bonds. The molecule has 1 heterocycles. The maximum absolute atomic E-state index is 12.5. The molecule has 1 aliphatic heterocycles. The molecule has 5 nitrogen and oxygen atoms in total. The van der Waals surface area contributed by atoms with Crippen molar-refractivity contribution in [2.24, 2.45) is 0 Å². The molecule has 0 bridgehead atoms. The first-order valence-electron chi connectivity index (χ1n) is 8.06. The van der Waals surface area contributed by atoms with E-state index in [4.69, 9.17) is 0 Å². The van der Waals surface area contributed by atoms with Crippen molar-refractivity contribution < 1.29 is 14.4 Å². The SMILES string of the molecule is CSc1ccc(NC(=O)CS[C@H]2CC(=O)N(c3ccccc3)C2=O)cc1. The van der Waals surface area contributed by atoms with Gasteiger partial charge in [0.15, 0.2) is 0 Å². The molecule has 1 N–H and O–H groups in total. The average molecular weight is 386 g/mol. The second-order valence-corrected chi connectivity index (χ2v) is 7.75. The van der Waals surface area contributed by atoms with Crippen molar-refractivity contribution in [3.05, 3.63) is 54.6 Å². The molecule has 134 valence electrons. The highest BCUT2D eigenvalue weighted by molar-refractivity contribution is 8.01. The quantitative estimate of drug-likeness (QED) is 0.609. The minimum atomic E-state index is -0.521. The van der Waals surface area contributed by atoms with Gasteiger partial charge in [-0.05, 0) is 42.7 Å². The van der Waals surface area contributed by atoms with Crippen LogP contribution < -0.4 is 10.2 Å². The third-order valence-corrected chi connectivity index (χ3v) is 5.85. The van der Waals surface area contributed by atoms with Gasteiger partial charge in [-0.3, -0.25) is 14.4 Å². The van der Waals surface area contributed by atoms with Crippen molar-refractivity contribution in [1.29, 1.82) is 0 Å². The zero-order valence-electron chi connectivity index (χ0n) is 14.2. The molecule has 2 aromatic rings. The van der Waals surface area contributed by atoms with Crippen molar-refractivity contribution in [3.8, 4) is 0 Å². The second kappa shape index (κ2) is 8.42. The van der Waals surface area contributed by atoms with E-state index in [-0.39, 0.29) is 29.9 Å².